The van der Waals surface area contributed by atoms with Gasteiger partial charge in [0.1, 0.15) is 0 Å². The molecule has 7 nitrogen and oxygen atoms in total. The van der Waals surface area contributed by atoms with Gasteiger partial charge in [0.2, 0.25) is 0 Å². The number of nitrogens with zero attached hydrogens (tertiary/aromatic N) is 1. The van der Waals surface area contributed by atoms with E-state index in [1.807, 2.05) is 18.2 Å². The van der Waals surface area contributed by atoms with Gasteiger partial charge in [-0.1, -0.05) is 24.3 Å². The number of fused-ring (bicyclic) bond motifs is 1. The molecule has 0 saturated heterocycles. The fourth-order valence-corrected chi connectivity index (χ4v) is 3.19. The zero-order chi connectivity index (χ0) is 19.4. The summed E-state index contributed by atoms with van der Waals surface area (Å²) in [5.74, 6) is -1.07. The summed E-state index contributed by atoms with van der Waals surface area (Å²) in [5, 5.41) is 13.6. The van der Waals surface area contributed by atoms with Crippen LogP contribution in [-0.4, -0.2) is 22.9 Å². The van der Waals surface area contributed by atoms with Crippen molar-refractivity contribution in [1.29, 1.82) is 0 Å². The normalized spacial score (nSPS) is 16.7. The Labute approximate surface area is 156 Å². The number of benzene rings is 2. The molecule has 0 fully saturated rings. The molecule has 0 aromatic heterocycles. The third-order valence-corrected chi connectivity index (χ3v) is 4.65. The molecule has 0 aliphatic heterocycles. The van der Waals surface area contributed by atoms with Crippen LogP contribution in [0.3, 0.4) is 0 Å². The van der Waals surface area contributed by atoms with Crippen LogP contribution in [0.1, 0.15) is 47.3 Å². The Morgan fingerprint density at radius 2 is 1.89 bits per heavy atom. The summed E-state index contributed by atoms with van der Waals surface area (Å²) in [6.07, 6.45) is 1.85. The maximum absolute atomic E-state index is 12.5. The number of nitrogens with one attached hydrogen (secondary N) is 1. The number of esters is 1. The molecule has 2 aromatic carbocycles. The molecule has 2 atom stereocenters. The molecule has 7 heteroatoms. The maximum Gasteiger partial charge on any atom is 0.338 e. The molecule has 3 rings (SSSR count). The lowest BCUT2D eigenvalue weighted by Gasteiger charge is -2.27. The first-order chi connectivity index (χ1) is 13.0. The summed E-state index contributed by atoms with van der Waals surface area (Å²) in [6.45, 7) is 1.51. The van der Waals surface area contributed by atoms with Crippen LogP contribution in [0.4, 0.5) is 5.69 Å². The Morgan fingerprint density at radius 3 is 2.59 bits per heavy atom. The average molecular weight is 368 g/mol. The minimum Gasteiger partial charge on any atom is -0.449 e. The number of aryl methyl sites for hydroxylation is 1. The Hall–Kier alpha value is -3.22. The fourth-order valence-electron chi connectivity index (χ4n) is 3.19. The van der Waals surface area contributed by atoms with Crippen molar-refractivity contribution in [2.45, 2.75) is 38.3 Å². The molecule has 1 amide bonds. The first kappa shape index (κ1) is 18.6. The van der Waals surface area contributed by atoms with Gasteiger partial charge in [0.25, 0.3) is 11.6 Å². The monoisotopic (exact) mass is 368 g/mol. The molecule has 0 radical (unpaired) electrons. The van der Waals surface area contributed by atoms with Crippen LogP contribution in [0.15, 0.2) is 48.5 Å². The van der Waals surface area contributed by atoms with Crippen molar-refractivity contribution in [2.75, 3.05) is 0 Å². The van der Waals surface area contributed by atoms with E-state index in [0.29, 0.717) is 0 Å². The van der Waals surface area contributed by atoms with Crippen LogP contribution in [0, 0.1) is 10.1 Å². The zero-order valence-electron chi connectivity index (χ0n) is 14.9. The largest absolute Gasteiger partial charge is 0.449 e. The van der Waals surface area contributed by atoms with Gasteiger partial charge in [-0.15, -0.1) is 0 Å². The number of nitro benzene ring substituents is 1. The SMILES string of the molecule is C[C@@H](OC(=O)c1ccc([N+](=O)[O-])cc1)C(=O)N[C@@H]1CCCc2ccccc21. The molecular formula is C20H20N2O5. The molecule has 1 N–H and O–H groups in total. The van der Waals surface area contributed by atoms with E-state index in [2.05, 4.69) is 11.4 Å². The fraction of sp³-hybridized carbons (Fsp3) is 0.300. The van der Waals surface area contributed by atoms with E-state index in [0.717, 1.165) is 24.8 Å². The van der Waals surface area contributed by atoms with Gasteiger partial charge < -0.3 is 10.1 Å². The van der Waals surface area contributed by atoms with Crippen molar-refractivity contribution < 1.29 is 19.2 Å². The number of rotatable bonds is 5. The highest BCUT2D eigenvalue weighted by Gasteiger charge is 2.25. The van der Waals surface area contributed by atoms with Gasteiger partial charge in [0, 0.05) is 12.1 Å². The smallest absolute Gasteiger partial charge is 0.338 e. The van der Waals surface area contributed by atoms with Gasteiger partial charge in [-0.2, -0.15) is 0 Å². The molecule has 0 saturated carbocycles. The maximum atomic E-state index is 12.5. The van der Waals surface area contributed by atoms with Crippen LogP contribution < -0.4 is 5.32 Å². The summed E-state index contributed by atoms with van der Waals surface area (Å²) in [5.41, 5.74) is 2.37. The Balaban J connectivity index is 1.61. The van der Waals surface area contributed by atoms with E-state index in [4.69, 9.17) is 4.74 Å². The summed E-state index contributed by atoms with van der Waals surface area (Å²) >= 11 is 0. The average Bonchev–Trinajstić information content (AvgIpc) is 2.68. The molecular weight excluding hydrogens is 348 g/mol. The third-order valence-electron chi connectivity index (χ3n) is 4.65. The molecule has 140 valence electrons. The summed E-state index contributed by atoms with van der Waals surface area (Å²) in [4.78, 5) is 34.7. The number of hydrogen-bond acceptors (Lipinski definition) is 5. The minimum atomic E-state index is -0.971. The Kier molecular flexibility index (Phi) is 5.49. The predicted octanol–water partition coefficient (Wildman–Crippen LogP) is 3.33. The first-order valence-electron chi connectivity index (χ1n) is 8.79. The molecule has 27 heavy (non-hydrogen) atoms. The van der Waals surface area contributed by atoms with Crippen molar-refractivity contribution in [2.24, 2.45) is 0 Å². The summed E-state index contributed by atoms with van der Waals surface area (Å²) < 4.78 is 5.21. The lowest BCUT2D eigenvalue weighted by Crippen LogP contribution is -2.39. The van der Waals surface area contributed by atoms with E-state index >= 15 is 0 Å². The Bertz CT molecular complexity index is 863. The molecule has 0 bridgehead atoms. The predicted molar refractivity (Wildman–Crippen MR) is 98.2 cm³/mol. The molecule has 1 aliphatic rings. The highest BCUT2D eigenvalue weighted by atomic mass is 16.6. The number of non-ortho nitro benzene ring substituents is 1. The third kappa shape index (κ3) is 4.31. The van der Waals surface area contributed by atoms with Crippen LogP contribution in [0.25, 0.3) is 0 Å². The number of hydrogen-bond donors (Lipinski definition) is 1. The quantitative estimate of drug-likeness (QED) is 0.496. The Morgan fingerprint density at radius 1 is 1.19 bits per heavy atom. The summed E-state index contributed by atoms with van der Waals surface area (Å²) in [6, 6.07) is 13.0. The second-order valence-corrected chi connectivity index (χ2v) is 6.50. The molecule has 2 aromatic rings. The lowest BCUT2D eigenvalue weighted by molar-refractivity contribution is -0.384. The number of amides is 1. The van der Waals surface area contributed by atoms with Crippen molar-refractivity contribution in [1.82, 2.24) is 5.32 Å². The molecule has 0 heterocycles. The molecule has 1 aliphatic carbocycles. The lowest BCUT2D eigenvalue weighted by atomic mass is 9.87. The van der Waals surface area contributed by atoms with Gasteiger partial charge in [0.15, 0.2) is 6.10 Å². The van der Waals surface area contributed by atoms with E-state index in [-0.39, 0.29) is 23.2 Å². The van der Waals surface area contributed by atoms with Crippen LogP contribution >= 0.6 is 0 Å². The second-order valence-electron chi connectivity index (χ2n) is 6.50. The van der Waals surface area contributed by atoms with Crippen LogP contribution in [0.5, 0.6) is 0 Å². The first-order valence-corrected chi connectivity index (χ1v) is 8.79. The van der Waals surface area contributed by atoms with Gasteiger partial charge in [-0.05, 0) is 49.4 Å². The number of ether oxygens (including phenoxy) is 1. The van der Waals surface area contributed by atoms with Crippen molar-refractivity contribution >= 4 is 17.6 Å². The number of carbonyl (C=O) groups is 2. The zero-order valence-corrected chi connectivity index (χ0v) is 14.9. The van der Waals surface area contributed by atoms with E-state index < -0.39 is 17.0 Å². The van der Waals surface area contributed by atoms with E-state index in [1.54, 1.807) is 0 Å². The number of carbonyl (C=O) groups excluding carboxylic acids is 2. The standard InChI is InChI=1S/C20H20N2O5/c1-13(27-20(24)15-9-11-16(12-10-15)22(25)26)19(23)21-18-8-4-6-14-5-2-3-7-17(14)18/h2-3,5,7,9-13,18H,4,6,8H2,1H3,(H,21,23)/t13-,18-/m1/s1. The van der Waals surface area contributed by atoms with E-state index in [9.17, 15) is 19.7 Å². The second kappa shape index (κ2) is 7.99. The number of nitro groups is 1. The molecule has 0 spiro atoms. The topological polar surface area (TPSA) is 98.5 Å². The van der Waals surface area contributed by atoms with Crippen molar-refractivity contribution in [3.8, 4) is 0 Å². The molecule has 0 unspecified atom stereocenters. The van der Waals surface area contributed by atoms with Gasteiger partial charge >= 0.3 is 5.97 Å². The highest BCUT2D eigenvalue weighted by Crippen LogP contribution is 2.29. The van der Waals surface area contributed by atoms with E-state index in [1.165, 1.54) is 36.8 Å². The van der Waals surface area contributed by atoms with Gasteiger partial charge in [0.05, 0.1) is 16.5 Å². The van der Waals surface area contributed by atoms with Crippen molar-refractivity contribution in [3.05, 3.63) is 75.3 Å². The van der Waals surface area contributed by atoms with Crippen LogP contribution in [-0.2, 0) is 16.0 Å². The van der Waals surface area contributed by atoms with Gasteiger partial charge in [-0.3, -0.25) is 14.9 Å². The highest BCUT2D eigenvalue weighted by molar-refractivity contribution is 5.92. The van der Waals surface area contributed by atoms with Gasteiger partial charge in [-0.25, -0.2) is 4.79 Å². The van der Waals surface area contributed by atoms with Crippen molar-refractivity contribution in [3.63, 3.8) is 0 Å². The minimum absolute atomic E-state index is 0.0945. The summed E-state index contributed by atoms with van der Waals surface area (Å²) in [7, 11) is 0. The van der Waals surface area contributed by atoms with Crippen LogP contribution in [0.2, 0.25) is 0 Å².